The summed E-state index contributed by atoms with van der Waals surface area (Å²) in [6.45, 7) is 1.52. The summed E-state index contributed by atoms with van der Waals surface area (Å²) < 4.78 is 2.04. The van der Waals surface area contributed by atoms with Crippen LogP contribution < -0.4 is 5.32 Å². The highest BCUT2D eigenvalue weighted by molar-refractivity contribution is 5.81. The van der Waals surface area contributed by atoms with Gasteiger partial charge in [0.1, 0.15) is 11.8 Å². The number of nitrogens with zero attached hydrogens (tertiary/aromatic N) is 5. The van der Waals surface area contributed by atoms with Crippen LogP contribution >= 0.6 is 0 Å². The molecule has 0 spiro atoms. The van der Waals surface area contributed by atoms with Crippen LogP contribution in [0.3, 0.4) is 0 Å². The van der Waals surface area contributed by atoms with E-state index in [-0.39, 0.29) is 0 Å². The second kappa shape index (κ2) is 5.88. The van der Waals surface area contributed by atoms with Crippen molar-refractivity contribution in [2.24, 2.45) is 0 Å². The summed E-state index contributed by atoms with van der Waals surface area (Å²) in [5.41, 5.74) is 3.91. The molecule has 4 rings (SSSR count). The Hall–Kier alpha value is -3.22. The molecule has 0 bridgehead atoms. The molecule has 0 fully saturated rings. The van der Waals surface area contributed by atoms with E-state index in [9.17, 15) is 0 Å². The summed E-state index contributed by atoms with van der Waals surface area (Å²) >= 11 is 0. The van der Waals surface area contributed by atoms with E-state index in [0.29, 0.717) is 12.2 Å². The molecule has 2 N–H and O–H groups in total. The van der Waals surface area contributed by atoms with E-state index >= 15 is 0 Å². The van der Waals surface area contributed by atoms with Crippen molar-refractivity contribution >= 4 is 17.0 Å². The highest BCUT2D eigenvalue weighted by Gasteiger charge is 2.05. The Morgan fingerprint density at radius 2 is 1.91 bits per heavy atom. The first-order valence-corrected chi connectivity index (χ1v) is 7.30. The van der Waals surface area contributed by atoms with Crippen LogP contribution in [-0.2, 0) is 13.1 Å². The summed E-state index contributed by atoms with van der Waals surface area (Å²) in [4.78, 5) is 19.6. The number of fused-ring (bicyclic) bond motifs is 1. The number of anilines is 1. The largest absolute Gasteiger partial charge is 0.364 e. The van der Waals surface area contributed by atoms with Crippen LogP contribution in [0.25, 0.3) is 11.2 Å². The van der Waals surface area contributed by atoms with Gasteiger partial charge >= 0.3 is 0 Å². The Balaban J connectivity index is 1.44. The molecular formula is C16H15N7. The first-order valence-electron chi connectivity index (χ1n) is 7.30. The van der Waals surface area contributed by atoms with Gasteiger partial charge in [0.05, 0.1) is 12.7 Å². The molecule has 1 aromatic carbocycles. The number of aromatic amines is 1. The molecule has 7 nitrogen and oxygen atoms in total. The van der Waals surface area contributed by atoms with Crippen LogP contribution in [0.1, 0.15) is 11.1 Å². The molecule has 0 aliphatic carbocycles. The normalized spacial score (nSPS) is 11.0. The lowest BCUT2D eigenvalue weighted by Crippen LogP contribution is -2.03. The van der Waals surface area contributed by atoms with E-state index in [1.807, 2.05) is 17.1 Å². The number of hydrogen-bond acceptors (Lipinski definition) is 5. The van der Waals surface area contributed by atoms with Crippen molar-refractivity contribution in [3.8, 4) is 0 Å². The lowest BCUT2D eigenvalue weighted by Gasteiger charge is -2.07. The van der Waals surface area contributed by atoms with Gasteiger partial charge in [0.2, 0.25) is 0 Å². The van der Waals surface area contributed by atoms with E-state index in [1.54, 1.807) is 12.5 Å². The minimum absolute atomic E-state index is 0.665. The number of rotatable bonds is 5. The van der Waals surface area contributed by atoms with Crippen LogP contribution in [0.15, 0.2) is 55.6 Å². The van der Waals surface area contributed by atoms with Crippen LogP contribution in [0, 0.1) is 0 Å². The highest BCUT2D eigenvalue weighted by Crippen LogP contribution is 2.15. The molecule has 0 radical (unpaired) electrons. The summed E-state index contributed by atoms with van der Waals surface area (Å²) in [7, 11) is 0. The fourth-order valence-corrected chi connectivity index (χ4v) is 2.44. The lowest BCUT2D eigenvalue weighted by molar-refractivity contribution is 0.797. The van der Waals surface area contributed by atoms with Crippen molar-refractivity contribution in [1.82, 2.24) is 29.5 Å². The number of imidazole rings is 2. The lowest BCUT2D eigenvalue weighted by atomic mass is 10.1. The molecule has 0 saturated carbocycles. The van der Waals surface area contributed by atoms with Crippen LogP contribution in [0.2, 0.25) is 0 Å². The number of hydrogen-bond donors (Lipinski definition) is 2. The molecule has 114 valence electrons. The van der Waals surface area contributed by atoms with E-state index in [2.05, 4.69) is 54.5 Å². The number of nitrogens with one attached hydrogen (secondary N) is 2. The number of aromatic nitrogens is 6. The molecule has 3 heterocycles. The molecule has 0 aliphatic heterocycles. The first-order chi connectivity index (χ1) is 11.4. The van der Waals surface area contributed by atoms with Crippen molar-refractivity contribution in [1.29, 1.82) is 0 Å². The van der Waals surface area contributed by atoms with Gasteiger partial charge in [-0.25, -0.2) is 19.9 Å². The van der Waals surface area contributed by atoms with Crippen LogP contribution in [0.4, 0.5) is 5.82 Å². The topological polar surface area (TPSA) is 84.3 Å². The monoisotopic (exact) mass is 305 g/mol. The Morgan fingerprint density at radius 3 is 2.74 bits per heavy atom. The van der Waals surface area contributed by atoms with E-state index in [4.69, 9.17) is 0 Å². The van der Waals surface area contributed by atoms with Crippen LogP contribution in [-0.4, -0.2) is 29.5 Å². The maximum absolute atomic E-state index is 4.26. The Labute approximate surface area is 132 Å². The van der Waals surface area contributed by atoms with E-state index in [0.717, 1.165) is 17.9 Å². The molecular weight excluding hydrogens is 290 g/mol. The molecule has 0 saturated heterocycles. The molecule has 7 heteroatoms. The molecule has 0 amide bonds. The molecule has 0 aliphatic rings. The third-order valence-corrected chi connectivity index (χ3v) is 3.63. The maximum atomic E-state index is 4.26. The molecule has 3 aromatic heterocycles. The smallest absolute Gasteiger partial charge is 0.182 e. The van der Waals surface area contributed by atoms with Gasteiger partial charge in [-0.3, -0.25) is 0 Å². The maximum Gasteiger partial charge on any atom is 0.182 e. The van der Waals surface area contributed by atoms with Gasteiger partial charge in [-0.15, -0.1) is 0 Å². The van der Waals surface area contributed by atoms with Crippen molar-refractivity contribution < 1.29 is 0 Å². The minimum atomic E-state index is 0.665. The third-order valence-electron chi connectivity index (χ3n) is 3.63. The molecule has 4 aromatic rings. The summed E-state index contributed by atoms with van der Waals surface area (Å²) in [5.74, 6) is 0.759. The second-order valence-corrected chi connectivity index (χ2v) is 5.23. The van der Waals surface area contributed by atoms with Gasteiger partial charge in [0, 0.05) is 25.5 Å². The van der Waals surface area contributed by atoms with Gasteiger partial charge in [-0.05, 0) is 11.1 Å². The Kier molecular flexibility index (Phi) is 3.44. The van der Waals surface area contributed by atoms with Gasteiger partial charge in [0.25, 0.3) is 0 Å². The highest BCUT2D eigenvalue weighted by atomic mass is 15.1. The minimum Gasteiger partial charge on any atom is -0.364 e. The number of H-pyrrole nitrogens is 1. The zero-order valence-corrected chi connectivity index (χ0v) is 12.3. The molecule has 0 atom stereocenters. The fourth-order valence-electron chi connectivity index (χ4n) is 2.44. The van der Waals surface area contributed by atoms with Crippen molar-refractivity contribution in [3.63, 3.8) is 0 Å². The standard InChI is InChI=1S/C16H15N7/c1-3-13(8-23-6-5-17-11-23)4-2-12(1)7-18-15-14-16(20-9-19-14)22-10-21-15/h1-6,9-11H,7-8H2,(H2,18,19,20,21,22). The Morgan fingerprint density at radius 1 is 1.04 bits per heavy atom. The summed E-state index contributed by atoms with van der Waals surface area (Å²) in [6.07, 6.45) is 8.70. The average Bonchev–Trinajstić information content (AvgIpc) is 3.25. The SMILES string of the molecule is c1cn(Cc2ccc(CNc3ncnc4nc[nH]c34)cc2)cn1. The van der Waals surface area contributed by atoms with Crippen molar-refractivity contribution in [2.45, 2.75) is 13.1 Å². The second-order valence-electron chi connectivity index (χ2n) is 5.23. The predicted octanol–water partition coefficient (Wildman–Crippen LogP) is 2.21. The molecule has 23 heavy (non-hydrogen) atoms. The summed E-state index contributed by atoms with van der Waals surface area (Å²) in [6, 6.07) is 8.49. The van der Waals surface area contributed by atoms with E-state index in [1.165, 1.54) is 17.5 Å². The van der Waals surface area contributed by atoms with Gasteiger partial charge < -0.3 is 14.9 Å². The predicted molar refractivity (Wildman–Crippen MR) is 86.8 cm³/mol. The van der Waals surface area contributed by atoms with E-state index < -0.39 is 0 Å². The van der Waals surface area contributed by atoms with Crippen LogP contribution in [0.5, 0.6) is 0 Å². The zero-order chi connectivity index (χ0) is 15.5. The molecule has 0 unspecified atom stereocenters. The summed E-state index contributed by atoms with van der Waals surface area (Å²) in [5, 5.41) is 3.32. The quantitative estimate of drug-likeness (QED) is 0.590. The van der Waals surface area contributed by atoms with Gasteiger partial charge in [0.15, 0.2) is 11.5 Å². The van der Waals surface area contributed by atoms with Gasteiger partial charge in [-0.2, -0.15) is 0 Å². The Bertz CT molecular complexity index is 894. The average molecular weight is 305 g/mol. The third kappa shape index (κ3) is 2.89. The fraction of sp³-hybridized carbons (Fsp3) is 0.125. The number of benzene rings is 1. The zero-order valence-electron chi connectivity index (χ0n) is 12.3. The van der Waals surface area contributed by atoms with Crippen molar-refractivity contribution in [3.05, 3.63) is 66.8 Å². The van der Waals surface area contributed by atoms with Crippen molar-refractivity contribution in [2.75, 3.05) is 5.32 Å². The van der Waals surface area contributed by atoms with Gasteiger partial charge in [-0.1, -0.05) is 24.3 Å². The first kappa shape index (κ1) is 13.4.